The maximum absolute atomic E-state index is 13.7. The minimum atomic E-state index is -1.12. The van der Waals surface area contributed by atoms with Crippen molar-refractivity contribution in [3.05, 3.63) is 62.9 Å². The standard InChI is InChI=1S/C24H26Cl3N5O2/c1-24(2,28)23(34)31-19(10-13-5-7-14(25)8-6-13)22(33)32-9-3-4-20(32)21-29-17-11-15(26)16(27)12-18(17)30-21/h5-8,11-12,19-20H,3-4,9-10,28H2,1-2H3,(H,29,30)(H,31,34)/t19-,20-/m0/s1. The Morgan fingerprint density at radius 1 is 1.21 bits per heavy atom. The van der Waals surface area contributed by atoms with Gasteiger partial charge in [0.15, 0.2) is 0 Å². The Labute approximate surface area is 212 Å². The van der Waals surface area contributed by atoms with Crippen LogP contribution in [-0.4, -0.2) is 44.8 Å². The molecule has 10 heteroatoms. The van der Waals surface area contributed by atoms with E-state index in [9.17, 15) is 9.59 Å². The Morgan fingerprint density at radius 2 is 1.88 bits per heavy atom. The molecule has 0 radical (unpaired) electrons. The van der Waals surface area contributed by atoms with Gasteiger partial charge < -0.3 is 20.9 Å². The van der Waals surface area contributed by atoms with Crippen LogP contribution in [0, 0.1) is 0 Å². The van der Waals surface area contributed by atoms with E-state index in [0.29, 0.717) is 39.4 Å². The first-order valence-corrected chi connectivity index (χ1v) is 12.2. The third-order valence-corrected chi connectivity index (χ3v) is 6.91. The lowest BCUT2D eigenvalue weighted by Crippen LogP contribution is -2.57. The quantitative estimate of drug-likeness (QED) is 0.438. The van der Waals surface area contributed by atoms with E-state index in [1.165, 1.54) is 0 Å². The molecule has 2 aromatic carbocycles. The predicted molar refractivity (Wildman–Crippen MR) is 135 cm³/mol. The number of nitrogens with one attached hydrogen (secondary N) is 2. The molecule has 1 aliphatic heterocycles. The van der Waals surface area contributed by atoms with Crippen LogP contribution in [0.5, 0.6) is 0 Å². The Hall–Kier alpha value is -2.32. The summed E-state index contributed by atoms with van der Waals surface area (Å²) in [5.74, 6) is 0.0741. The number of H-pyrrole nitrogens is 1. The number of aromatic amines is 1. The number of aromatic nitrogens is 2. The summed E-state index contributed by atoms with van der Waals surface area (Å²) in [7, 11) is 0. The summed E-state index contributed by atoms with van der Waals surface area (Å²) in [5, 5.41) is 4.30. The number of benzene rings is 2. The number of hydrogen-bond donors (Lipinski definition) is 3. The molecule has 0 spiro atoms. The molecule has 3 aromatic rings. The second kappa shape index (κ2) is 9.74. The number of halogens is 3. The molecule has 2 atom stereocenters. The first kappa shape index (κ1) is 24.8. The highest BCUT2D eigenvalue weighted by molar-refractivity contribution is 6.42. The average molecular weight is 523 g/mol. The molecule has 2 amide bonds. The second-order valence-corrected chi connectivity index (χ2v) is 10.4. The van der Waals surface area contributed by atoms with Gasteiger partial charge in [-0.15, -0.1) is 0 Å². The molecule has 4 N–H and O–H groups in total. The maximum atomic E-state index is 13.7. The molecule has 0 bridgehead atoms. The summed E-state index contributed by atoms with van der Waals surface area (Å²) in [5.41, 5.74) is 7.17. The molecule has 4 rings (SSSR count). The molecule has 0 saturated carbocycles. The lowest BCUT2D eigenvalue weighted by molar-refractivity contribution is -0.138. The number of nitrogens with two attached hydrogens (primary N) is 1. The number of nitrogens with zero attached hydrogens (tertiary/aromatic N) is 2. The van der Waals surface area contributed by atoms with Crippen molar-refractivity contribution in [2.24, 2.45) is 5.73 Å². The number of amides is 2. The average Bonchev–Trinajstić information content (AvgIpc) is 3.40. The number of carbonyl (C=O) groups is 2. The third kappa shape index (κ3) is 5.33. The largest absolute Gasteiger partial charge is 0.342 e. The summed E-state index contributed by atoms with van der Waals surface area (Å²) < 4.78 is 0. The summed E-state index contributed by atoms with van der Waals surface area (Å²) >= 11 is 18.3. The lowest BCUT2D eigenvalue weighted by atomic mass is 10.0. The van der Waals surface area contributed by atoms with Gasteiger partial charge in [-0.3, -0.25) is 9.59 Å². The second-order valence-electron chi connectivity index (χ2n) is 9.17. The molecular weight excluding hydrogens is 497 g/mol. The van der Waals surface area contributed by atoms with E-state index in [1.807, 2.05) is 12.1 Å². The molecule has 180 valence electrons. The van der Waals surface area contributed by atoms with E-state index in [0.717, 1.165) is 23.9 Å². The number of imidazole rings is 1. The number of carbonyl (C=O) groups excluding carboxylic acids is 2. The van der Waals surface area contributed by atoms with Gasteiger partial charge in [-0.1, -0.05) is 46.9 Å². The van der Waals surface area contributed by atoms with Crippen molar-refractivity contribution in [3.8, 4) is 0 Å². The fraction of sp³-hybridized carbons (Fsp3) is 0.375. The zero-order valence-electron chi connectivity index (χ0n) is 18.9. The van der Waals surface area contributed by atoms with Gasteiger partial charge in [0.25, 0.3) is 0 Å². The van der Waals surface area contributed by atoms with Gasteiger partial charge in [0.05, 0.1) is 32.7 Å². The van der Waals surface area contributed by atoms with E-state index in [1.54, 1.807) is 43.0 Å². The number of rotatable bonds is 6. The van der Waals surface area contributed by atoms with Crippen LogP contribution in [0.3, 0.4) is 0 Å². The first-order chi connectivity index (χ1) is 16.0. The van der Waals surface area contributed by atoms with Gasteiger partial charge in [-0.25, -0.2) is 4.98 Å². The highest BCUT2D eigenvalue weighted by Gasteiger charge is 2.37. The van der Waals surface area contributed by atoms with Crippen LogP contribution in [-0.2, 0) is 16.0 Å². The summed E-state index contributed by atoms with van der Waals surface area (Å²) in [6.45, 7) is 3.77. The summed E-state index contributed by atoms with van der Waals surface area (Å²) in [4.78, 5) is 36.2. The zero-order valence-corrected chi connectivity index (χ0v) is 21.1. The molecule has 0 unspecified atom stereocenters. The predicted octanol–water partition coefficient (Wildman–Crippen LogP) is 4.65. The first-order valence-electron chi connectivity index (χ1n) is 11.0. The molecule has 34 heavy (non-hydrogen) atoms. The maximum Gasteiger partial charge on any atom is 0.246 e. The number of fused-ring (bicyclic) bond motifs is 1. The normalized spacial score (nSPS) is 17.2. The highest BCUT2D eigenvalue weighted by atomic mass is 35.5. The molecule has 7 nitrogen and oxygen atoms in total. The van der Waals surface area contributed by atoms with Gasteiger partial charge in [0, 0.05) is 18.0 Å². The van der Waals surface area contributed by atoms with Gasteiger partial charge >= 0.3 is 0 Å². The molecule has 1 aromatic heterocycles. The van der Waals surface area contributed by atoms with Crippen LogP contribution >= 0.6 is 34.8 Å². The van der Waals surface area contributed by atoms with E-state index < -0.39 is 17.5 Å². The van der Waals surface area contributed by atoms with Crippen molar-refractivity contribution in [2.45, 2.75) is 50.7 Å². The van der Waals surface area contributed by atoms with Crippen LogP contribution in [0.2, 0.25) is 15.1 Å². The van der Waals surface area contributed by atoms with Crippen LogP contribution < -0.4 is 11.1 Å². The van der Waals surface area contributed by atoms with Crippen molar-refractivity contribution >= 4 is 57.7 Å². The summed E-state index contributed by atoms with van der Waals surface area (Å²) in [6, 6.07) is 9.59. The third-order valence-electron chi connectivity index (χ3n) is 5.94. The van der Waals surface area contributed by atoms with E-state index in [4.69, 9.17) is 40.5 Å². The monoisotopic (exact) mass is 521 g/mol. The summed E-state index contributed by atoms with van der Waals surface area (Å²) in [6.07, 6.45) is 1.88. The lowest BCUT2D eigenvalue weighted by Gasteiger charge is -2.30. The van der Waals surface area contributed by atoms with Crippen LogP contribution in [0.25, 0.3) is 11.0 Å². The fourth-order valence-electron chi connectivity index (χ4n) is 4.10. The minimum Gasteiger partial charge on any atom is -0.342 e. The smallest absolute Gasteiger partial charge is 0.246 e. The minimum absolute atomic E-state index is 0.188. The van der Waals surface area contributed by atoms with Crippen LogP contribution in [0.15, 0.2) is 36.4 Å². The van der Waals surface area contributed by atoms with Crippen molar-refractivity contribution in [2.75, 3.05) is 6.54 Å². The topological polar surface area (TPSA) is 104 Å². The van der Waals surface area contributed by atoms with Crippen LogP contribution in [0.4, 0.5) is 0 Å². The van der Waals surface area contributed by atoms with Crippen molar-refractivity contribution < 1.29 is 9.59 Å². The molecule has 1 fully saturated rings. The Balaban J connectivity index is 1.62. The van der Waals surface area contributed by atoms with E-state index >= 15 is 0 Å². The highest BCUT2D eigenvalue weighted by Crippen LogP contribution is 2.34. The molecule has 1 aliphatic rings. The van der Waals surface area contributed by atoms with Crippen molar-refractivity contribution in [3.63, 3.8) is 0 Å². The van der Waals surface area contributed by atoms with Gasteiger partial charge in [0.1, 0.15) is 11.9 Å². The molecule has 2 heterocycles. The number of hydrogen-bond acceptors (Lipinski definition) is 4. The molecule has 0 aliphatic carbocycles. The van der Waals surface area contributed by atoms with Crippen molar-refractivity contribution in [1.82, 2.24) is 20.2 Å². The molecule has 1 saturated heterocycles. The Bertz CT molecular complexity index is 1180. The molecular formula is C24H26Cl3N5O2. The fourth-order valence-corrected chi connectivity index (χ4v) is 4.55. The zero-order chi connectivity index (χ0) is 24.6. The van der Waals surface area contributed by atoms with Gasteiger partial charge in [0.2, 0.25) is 11.8 Å². The van der Waals surface area contributed by atoms with Gasteiger partial charge in [-0.05, 0) is 56.5 Å². The van der Waals surface area contributed by atoms with Gasteiger partial charge in [-0.2, -0.15) is 0 Å². The van der Waals surface area contributed by atoms with Crippen LogP contribution in [0.1, 0.15) is 44.1 Å². The van der Waals surface area contributed by atoms with Crippen molar-refractivity contribution in [1.29, 1.82) is 0 Å². The number of likely N-dealkylation sites (tertiary alicyclic amines) is 1. The van der Waals surface area contributed by atoms with E-state index in [-0.39, 0.29) is 11.9 Å². The SMILES string of the molecule is CC(C)(N)C(=O)N[C@@H](Cc1ccc(Cl)cc1)C(=O)N1CCC[C@H]1c1nc2cc(Cl)c(Cl)cc2[nH]1. The Kier molecular flexibility index (Phi) is 7.10. The van der Waals surface area contributed by atoms with E-state index in [2.05, 4.69) is 15.3 Å². The Morgan fingerprint density at radius 3 is 2.56 bits per heavy atom.